The van der Waals surface area contributed by atoms with Crippen LogP contribution in [0, 0.1) is 6.92 Å². The Bertz CT molecular complexity index is 882. The van der Waals surface area contributed by atoms with Crippen molar-refractivity contribution in [1.82, 2.24) is 4.57 Å². The maximum atomic E-state index is 11.8. The second-order valence-corrected chi connectivity index (χ2v) is 9.77. The Hall–Kier alpha value is -1.05. The Morgan fingerprint density at radius 2 is 1.76 bits per heavy atom. The average Bonchev–Trinajstić information content (AvgIpc) is 2.60. The number of rotatable bonds is 5. The van der Waals surface area contributed by atoms with Crippen LogP contribution in [0.2, 0.25) is 0 Å². The number of sulfone groups is 1. The van der Waals surface area contributed by atoms with E-state index in [1.54, 1.807) is 35.8 Å². The zero-order valence-electron chi connectivity index (χ0n) is 11.7. The number of benzene rings is 1. The molecule has 0 unspecified atom stereocenters. The van der Waals surface area contributed by atoms with Crippen LogP contribution < -0.4 is 0 Å². The van der Waals surface area contributed by atoms with Gasteiger partial charge in [-0.15, -0.1) is 0 Å². The first-order valence-corrected chi connectivity index (χ1v) is 10.7. The molecule has 116 valence electrons. The fourth-order valence-electron chi connectivity index (χ4n) is 2.48. The highest BCUT2D eigenvalue weighted by atomic mass is 35.7. The van der Waals surface area contributed by atoms with Gasteiger partial charge in [-0.25, -0.2) is 16.8 Å². The molecule has 0 aliphatic heterocycles. The van der Waals surface area contributed by atoms with E-state index >= 15 is 0 Å². The summed E-state index contributed by atoms with van der Waals surface area (Å²) < 4.78 is 47.8. The van der Waals surface area contributed by atoms with Crippen LogP contribution in [0.4, 0.5) is 0 Å². The van der Waals surface area contributed by atoms with Gasteiger partial charge >= 0.3 is 0 Å². The lowest BCUT2D eigenvalue weighted by molar-refractivity contribution is 0.590. The number of aryl methyl sites for hydroxylation is 1. The number of halogens is 1. The third-order valence-corrected chi connectivity index (χ3v) is 5.81. The molecule has 0 bridgehead atoms. The number of fused-ring (bicyclic) bond motifs is 1. The van der Waals surface area contributed by atoms with Crippen molar-refractivity contribution >= 4 is 40.5 Å². The highest BCUT2D eigenvalue weighted by Crippen LogP contribution is 2.32. The van der Waals surface area contributed by atoms with Crippen LogP contribution in [-0.4, -0.2) is 33.4 Å². The van der Waals surface area contributed by atoms with Gasteiger partial charge in [-0.1, -0.05) is 18.2 Å². The molecular formula is C13H16ClNO4S2. The van der Waals surface area contributed by atoms with Gasteiger partial charge in [0.25, 0.3) is 9.05 Å². The molecule has 0 atom stereocenters. The second-order valence-electron chi connectivity index (χ2n) is 5.00. The summed E-state index contributed by atoms with van der Waals surface area (Å²) in [5.74, 6) is 0.0574. The molecule has 0 saturated heterocycles. The molecule has 0 spiro atoms. The van der Waals surface area contributed by atoms with E-state index in [-0.39, 0.29) is 10.6 Å². The molecule has 1 heterocycles. The Kier molecular flexibility index (Phi) is 4.37. The molecule has 0 saturated carbocycles. The summed E-state index contributed by atoms with van der Waals surface area (Å²) >= 11 is 0. The molecule has 2 aromatic rings. The molecule has 21 heavy (non-hydrogen) atoms. The van der Waals surface area contributed by atoms with Crippen molar-refractivity contribution in [2.24, 2.45) is 0 Å². The van der Waals surface area contributed by atoms with E-state index in [1.165, 1.54) is 6.26 Å². The zero-order valence-corrected chi connectivity index (χ0v) is 14.1. The predicted octanol–water partition coefficient (Wildman–Crippen LogP) is 2.31. The van der Waals surface area contributed by atoms with Crippen molar-refractivity contribution in [2.45, 2.75) is 24.8 Å². The largest absolute Gasteiger partial charge is 0.343 e. The number of aromatic nitrogens is 1. The van der Waals surface area contributed by atoms with Crippen LogP contribution >= 0.6 is 10.7 Å². The lowest BCUT2D eigenvalue weighted by Gasteiger charge is -2.07. The van der Waals surface area contributed by atoms with Crippen molar-refractivity contribution in [3.8, 4) is 0 Å². The van der Waals surface area contributed by atoms with Gasteiger partial charge in [-0.05, 0) is 19.4 Å². The van der Waals surface area contributed by atoms with Crippen LogP contribution in [0.25, 0.3) is 10.9 Å². The van der Waals surface area contributed by atoms with Crippen molar-refractivity contribution in [1.29, 1.82) is 0 Å². The summed E-state index contributed by atoms with van der Waals surface area (Å²) in [5, 5.41) is 0.560. The molecule has 1 aromatic heterocycles. The molecule has 2 rings (SSSR count). The quantitative estimate of drug-likeness (QED) is 0.776. The first kappa shape index (κ1) is 16.3. The van der Waals surface area contributed by atoms with E-state index in [9.17, 15) is 16.8 Å². The summed E-state index contributed by atoms with van der Waals surface area (Å²) in [7, 11) is -1.37. The highest BCUT2D eigenvalue weighted by Gasteiger charge is 2.23. The number of hydrogen-bond acceptors (Lipinski definition) is 4. The van der Waals surface area contributed by atoms with E-state index in [4.69, 9.17) is 10.7 Å². The van der Waals surface area contributed by atoms with E-state index in [0.29, 0.717) is 24.0 Å². The van der Waals surface area contributed by atoms with E-state index in [0.717, 1.165) is 5.52 Å². The smallest absolute Gasteiger partial charge is 0.263 e. The fraction of sp³-hybridized carbons (Fsp3) is 0.385. The number of para-hydroxylation sites is 1. The molecule has 0 aliphatic carbocycles. The average molecular weight is 350 g/mol. The summed E-state index contributed by atoms with van der Waals surface area (Å²) in [4.78, 5) is 0.0964. The minimum Gasteiger partial charge on any atom is -0.343 e. The molecule has 0 fully saturated rings. The Balaban J connectivity index is 2.52. The summed E-state index contributed by atoms with van der Waals surface area (Å²) in [6.45, 7) is 2.10. The monoisotopic (exact) mass is 349 g/mol. The third-order valence-electron chi connectivity index (χ3n) is 3.31. The van der Waals surface area contributed by atoms with Crippen LogP contribution in [0.1, 0.15) is 12.1 Å². The minimum absolute atomic E-state index is 0.0574. The maximum Gasteiger partial charge on any atom is 0.263 e. The summed E-state index contributed by atoms with van der Waals surface area (Å²) in [6.07, 6.45) is 1.60. The van der Waals surface area contributed by atoms with Crippen LogP contribution in [0.3, 0.4) is 0 Å². The third kappa shape index (κ3) is 3.59. The van der Waals surface area contributed by atoms with Gasteiger partial charge < -0.3 is 4.57 Å². The first-order valence-electron chi connectivity index (χ1n) is 6.31. The number of nitrogens with zero attached hydrogens (tertiary/aromatic N) is 1. The Morgan fingerprint density at radius 1 is 1.14 bits per heavy atom. The summed E-state index contributed by atoms with van der Waals surface area (Å²) in [6, 6.07) is 7.05. The lowest BCUT2D eigenvalue weighted by atomic mass is 10.2. The number of hydrogen-bond donors (Lipinski definition) is 0. The zero-order chi connectivity index (χ0) is 15.8. The van der Waals surface area contributed by atoms with E-state index < -0.39 is 18.9 Å². The van der Waals surface area contributed by atoms with E-state index in [2.05, 4.69) is 0 Å². The van der Waals surface area contributed by atoms with Crippen molar-refractivity contribution in [3.05, 3.63) is 30.0 Å². The molecule has 0 radical (unpaired) electrons. The molecule has 5 nitrogen and oxygen atoms in total. The van der Waals surface area contributed by atoms with Gasteiger partial charge in [0.15, 0.2) is 0 Å². The lowest BCUT2D eigenvalue weighted by Crippen LogP contribution is -2.08. The van der Waals surface area contributed by atoms with Gasteiger partial charge in [0.1, 0.15) is 14.7 Å². The normalized spacial score (nSPS) is 12.9. The summed E-state index contributed by atoms with van der Waals surface area (Å²) in [5.41, 5.74) is 1.27. The van der Waals surface area contributed by atoms with Crippen molar-refractivity contribution in [2.75, 3.05) is 12.0 Å². The van der Waals surface area contributed by atoms with Gasteiger partial charge in [-0.2, -0.15) is 0 Å². The molecule has 0 amide bonds. The van der Waals surface area contributed by atoms with Gasteiger partial charge in [0, 0.05) is 40.1 Å². The Labute approximate surface area is 128 Å². The predicted molar refractivity (Wildman–Crippen MR) is 84.0 cm³/mol. The van der Waals surface area contributed by atoms with Crippen LogP contribution in [0.5, 0.6) is 0 Å². The minimum atomic E-state index is -3.86. The van der Waals surface area contributed by atoms with Gasteiger partial charge in [0.05, 0.1) is 5.75 Å². The van der Waals surface area contributed by atoms with Crippen LogP contribution in [-0.2, 0) is 25.4 Å². The molecule has 0 aliphatic rings. The van der Waals surface area contributed by atoms with Crippen molar-refractivity contribution in [3.63, 3.8) is 0 Å². The first-order chi connectivity index (χ1) is 9.61. The maximum absolute atomic E-state index is 11.8. The molecule has 0 N–H and O–H groups in total. The van der Waals surface area contributed by atoms with E-state index in [1.807, 2.05) is 0 Å². The fourth-order valence-corrected chi connectivity index (χ4v) is 4.62. The Morgan fingerprint density at radius 3 is 2.33 bits per heavy atom. The van der Waals surface area contributed by atoms with Gasteiger partial charge in [0.2, 0.25) is 0 Å². The molecule has 1 aromatic carbocycles. The topological polar surface area (TPSA) is 73.2 Å². The molecule has 8 heteroatoms. The standard InChI is InChI=1S/C13H16ClNO4S2/c1-10-13(21(14,18)19)11-6-3-4-7-12(11)15(10)8-5-9-20(2,16)17/h3-4,6-7H,5,8-9H2,1-2H3. The second kappa shape index (κ2) is 5.62. The van der Waals surface area contributed by atoms with Crippen LogP contribution in [0.15, 0.2) is 29.2 Å². The highest BCUT2D eigenvalue weighted by molar-refractivity contribution is 8.14. The molecular weight excluding hydrogens is 334 g/mol. The van der Waals surface area contributed by atoms with Gasteiger partial charge in [-0.3, -0.25) is 0 Å². The SMILES string of the molecule is Cc1c(S(=O)(=O)Cl)c2ccccc2n1CCCS(C)(=O)=O. The van der Waals surface area contributed by atoms with Crippen molar-refractivity contribution < 1.29 is 16.8 Å².